The zero-order valence-corrected chi connectivity index (χ0v) is 10.6. The Hall–Kier alpha value is -1.89. The number of hydrogen-bond acceptors (Lipinski definition) is 6. The van der Waals surface area contributed by atoms with E-state index in [1.807, 2.05) is 0 Å². The number of H-pyrrole nitrogens is 1. The van der Waals surface area contributed by atoms with Gasteiger partial charge >= 0.3 is 0 Å². The summed E-state index contributed by atoms with van der Waals surface area (Å²) in [4.78, 5) is 8.26. The maximum absolute atomic E-state index is 9.96. The molecule has 2 aromatic rings. The van der Waals surface area contributed by atoms with Crippen LogP contribution < -0.4 is 11.1 Å². The molecule has 0 bridgehead atoms. The van der Waals surface area contributed by atoms with E-state index in [-0.39, 0.29) is 18.0 Å². The first-order chi connectivity index (χ1) is 9.24. The smallest absolute Gasteiger partial charge is 0.224 e. The number of aromatic amines is 1. The summed E-state index contributed by atoms with van der Waals surface area (Å²) >= 11 is 0. The average Bonchev–Trinajstić information content (AvgIpc) is 2.85. The summed E-state index contributed by atoms with van der Waals surface area (Å²) in [5.41, 5.74) is 6.28. The molecule has 7 heteroatoms. The summed E-state index contributed by atoms with van der Waals surface area (Å²) in [6, 6.07) is 0. The second kappa shape index (κ2) is 5.00. The molecular formula is C12H18N6O. The van der Waals surface area contributed by atoms with Gasteiger partial charge in [0.2, 0.25) is 5.95 Å². The van der Waals surface area contributed by atoms with Gasteiger partial charge in [0.1, 0.15) is 5.82 Å². The summed E-state index contributed by atoms with van der Waals surface area (Å²) < 4.78 is 0. The second-order valence-corrected chi connectivity index (χ2v) is 5.06. The van der Waals surface area contributed by atoms with E-state index in [0.717, 1.165) is 24.6 Å². The first-order valence-corrected chi connectivity index (χ1v) is 6.62. The number of anilines is 2. The number of aliphatic hydroxyl groups excluding tert-OH is 1. The van der Waals surface area contributed by atoms with Gasteiger partial charge in [0.15, 0.2) is 5.65 Å². The van der Waals surface area contributed by atoms with Crippen molar-refractivity contribution >= 4 is 22.8 Å². The minimum atomic E-state index is -0.222. The number of nitrogens with zero attached hydrogens (tertiary/aromatic N) is 3. The molecule has 19 heavy (non-hydrogen) atoms. The molecule has 0 amide bonds. The molecule has 3 rings (SSSR count). The van der Waals surface area contributed by atoms with E-state index in [2.05, 4.69) is 25.5 Å². The third-order valence-electron chi connectivity index (χ3n) is 3.73. The quantitative estimate of drug-likeness (QED) is 0.653. The van der Waals surface area contributed by atoms with Gasteiger partial charge in [-0.25, -0.2) is 0 Å². The normalized spacial score (nSPS) is 23.6. The lowest BCUT2D eigenvalue weighted by Gasteiger charge is -2.27. The number of nitrogen functional groups attached to an aromatic ring is 1. The Labute approximate surface area is 110 Å². The molecule has 2 aromatic heterocycles. The molecule has 2 unspecified atom stereocenters. The molecule has 0 aromatic carbocycles. The number of hydrogen-bond donors (Lipinski definition) is 4. The van der Waals surface area contributed by atoms with Crippen molar-refractivity contribution in [3.05, 3.63) is 6.20 Å². The van der Waals surface area contributed by atoms with Gasteiger partial charge in [-0.1, -0.05) is 12.8 Å². The van der Waals surface area contributed by atoms with E-state index >= 15 is 0 Å². The minimum Gasteiger partial charge on any atom is -0.393 e. The van der Waals surface area contributed by atoms with Crippen molar-refractivity contribution in [2.75, 3.05) is 17.6 Å². The maximum Gasteiger partial charge on any atom is 0.224 e. The van der Waals surface area contributed by atoms with Gasteiger partial charge in [-0.3, -0.25) is 5.10 Å². The van der Waals surface area contributed by atoms with Crippen LogP contribution in [0.25, 0.3) is 11.0 Å². The molecular weight excluding hydrogens is 244 g/mol. The maximum atomic E-state index is 9.96. The van der Waals surface area contributed by atoms with Crippen LogP contribution in [0.3, 0.4) is 0 Å². The van der Waals surface area contributed by atoms with Crippen molar-refractivity contribution < 1.29 is 5.11 Å². The van der Waals surface area contributed by atoms with Gasteiger partial charge in [0.25, 0.3) is 0 Å². The van der Waals surface area contributed by atoms with Crippen LogP contribution in [-0.4, -0.2) is 37.9 Å². The van der Waals surface area contributed by atoms with Gasteiger partial charge in [0, 0.05) is 12.5 Å². The average molecular weight is 262 g/mol. The molecule has 0 saturated heterocycles. The van der Waals surface area contributed by atoms with Crippen LogP contribution >= 0.6 is 0 Å². The fourth-order valence-corrected chi connectivity index (χ4v) is 2.64. The highest BCUT2D eigenvalue weighted by Gasteiger charge is 2.23. The van der Waals surface area contributed by atoms with Crippen LogP contribution in [0.4, 0.5) is 11.8 Å². The first-order valence-electron chi connectivity index (χ1n) is 6.62. The Balaban J connectivity index is 1.75. The van der Waals surface area contributed by atoms with Gasteiger partial charge < -0.3 is 16.2 Å². The molecule has 1 aliphatic carbocycles. The number of aromatic nitrogens is 4. The Bertz CT molecular complexity index is 568. The Kier molecular flexibility index (Phi) is 3.20. The number of aliphatic hydroxyl groups is 1. The van der Waals surface area contributed by atoms with Crippen molar-refractivity contribution in [1.82, 2.24) is 20.2 Å². The van der Waals surface area contributed by atoms with Crippen LogP contribution in [-0.2, 0) is 0 Å². The summed E-state index contributed by atoms with van der Waals surface area (Å²) in [5.74, 6) is 1.16. The predicted molar refractivity (Wildman–Crippen MR) is 72.6 cm³/mol. The lowest BCUT2D eigenvalue weighted by atomic mass is 9.86. The van der Waals surface area contributed by atoms with Crippen molar-refractivity contribution in [2.45, 2.75) is 31.8 Å². The molecule has 102 valence electrons. The lowest BCUT2D eigenvalue weighted by Crippen LogP contribution is -2.30. The first kappa shape index (κ1) is 12.2. The van der Waals surface area contributed by atoms with Crippen molar-refractivity contribution in [2.24, 2.45) is 5.92 Å². The zero-order valence-electron chi connectivity index (χ0n) is 10.6. The SMILES string of the molecule is Nc1nc(NCC2CCCCC2O)c2cn[nH]c2n1. The van der Waals surface area contributed by atoms with Crippen LogP contribution in [0.5, 0.6) is 0 Å². The molecule has 1 aliphatic rings. The molecule has 7 nitrogen and oxygen atoms in total. The third kappa shape index (κ3) is 2.46. The van der Waals surface area contributed by atoms with E-state index in [0.29, 0.717) is 18.0 Å². The monoisotopic (exact) mass is 262 g/mol. The van der Waals surface area contributed by atoms with Crippen LogP contribution in [0.2, 0.25) is 0 Å². The number of fused-ring (bicyclic) bond motifs is 1. The molecule has 5 N–H and O–H groups in total. The van der Waals surface area contributed by atoms with Gasteiger partial charge in [-0.2, -0.15) is 15.1 Å². The van der Waals surface area contributed by atoms with Gasteiger partial charge in [-0.05, 0) is 12.8 Å². The van der Waals surface area contributed by atoms with Crippen LogP contribution in [0, 0.1) is 5.92 Å². The number of nitrogens with two attached hydrogens (primary N) is 1. The summed E-state index contributed by atoms with van der Waals surface area (Å²) in [5, 5.41) is 20.8. The second-order valence-electron chi connectivity index (χ2n) is 5.06. The van der Waals surface area contributed by atoms with Crippen molar-refractivity contribution in [1.29, 1.82) is 0 Å². The van der Waals surface area contributed by atoms with Crippen LogP contribution in [0.1, 0.15) is 25.7 Å². The third-order valence-corrected chi connectivity index (χ3v) is 3.73. The van der Waals surface area contributed by atoms with E-state index in [4.69, 9.17) is 5.73 Å². The molecule has 0 radical (unpaired) electrons. The van der Waals surface area contributed by atoms with Crippen LogP contribution in [0.15, 0.2) is 6.20 Å². The number of nitrogens with one attached hydrogen (secondary N) is 2. The molecule has 2 atom stereocenters. The fraction of sp³-hybridized carbons (Fsp3) is 0.583. The van der Waals surface area contributed by atoms with Gasteiger partial charge in [-0.15, -0.1) is 0 Å². The van der Waals surface area contributed by atoms with E-state index in [1.165, 1.54) is 6.42 Å². The zero-order chi connectivity index (χ0) is 13.2. The Morgan fingerprint density at radius 3 is 3.05 bits per heavy atom. The van der Waals surface area contributed by atoms with Gasteiger partial charge in [0.05, 0.1) is 17.7 Å². The standard InChI is InChI=1S/C12H18N6O/c13-12-16-10(8-6-15-18-11(8)17-12)14-5-7-3-1-2-4-9(7)19/h6-7,9,19H,1-5H2,(H4,13,14,15,16,17,18). The summed E-state index contributed by atoms with van der Waals surface area (Å²) in [6.07, 6.45) is 5.68. The summed E-state index contributed by atoms with van der Waals surface area (Å²) in [6.45, 7) is 0.692. The van der Waals surface area contributed by atoms with E-state index in [1.54, 1.807) is 6.20 Å². The molecule has 1 fully saturated rings. The number of rotatable bonds is 3. The molecule has 2 heterocycles. The van der Waals surface area contributed by atoms with Crippen molar-refractivity contribution in [3.8, 4) is 0 Å². The van der Waals surface area contributed by atoms with E-state index < -0.39 is 0 Å². The predicted octanol–water partition coefficient (Wildman–Crippen LogP) is 0.898. The topological polar surface area (TPSA) is 113 Å². The molecule has 0 aliphatic heterocycles. The largest absolute Gasteiger partial charge is 0.393 e. The molecule has 0 spiro atoms. The lowest BCUT2D eigenvalue weighted by molar-refractivity contribution is 0.0763. The van der Waals surface area contributed by atoms with Crippen molar-refractivity contribution in [3.63, 3.8) is 0 Å². The Morgan fingerprint density at radius 1 is 1.37 bits per heavy atom. The fourth-order valence-electron chi connectivity index (χ4n) is 2.64. The Morgan fingerprint density at radius 2 is 2.21 bits per heavy atom. The minimum absolute atomic E-state index is 0.212. The highest BCUT2D eigenvalue weighted by Crippen LogP contribution is 2.25. The highest BCUT2D eigenvalue weighted by atomic mass is 16.3. The summed E-state index contributed by atoms with van der Waals surface area (Å²) in [7, 11) is 0. The van der Waals surface area contributed by atoms with E-state index in [9.17, 15) is 5.11 Å². The molecule has 1 saturated carbocycles. The highest BCUT2D eigenvalue weighted by molar-refractivity contribution is 5.86.